The third-order valence-electron chi connectivity index (χ3n) is 3.91. The zero-order chi connectivity index (χ0) is 16.4. The van der Waals surface area contributed by atoms with Gasteiger partial charge in [0.2, 0.25) is 5.95 Å². The number of hydrogen-bond donors (Lipinski definition) is 1. The number of anilines is 1. The van der Waals surface area contributed by atoms with Gasteiger partial charge in [0, 0.05) is 44.1 Å². The van der Waals surface area contributed by atoms with Crippen LogP contribution in [0.25, 0.3) is 11.1 Å². The molecule has 0 atom stereocenters. The number of benzene rings is 1. The molecule has 0 radical (unpaired) electrons. The van der Waals surface area contributed by atoms with Gasteiger partial charge in [0.25, 0.3) is 0 Å². The van der Waals surface area contributed by atoms with E-state index in [1.807, 2.05) is 0 Å². The summed E-state index contributed by atoms with van der Waals surface area (Å²) in [6, 6.07) is 4.29. The van der Waals surface area contributed by atoms with E-state index < -0.39 is 11.7 Å². The minimum absolute atomic E-state index is 0.208. The fourth-order valence-electron chi connectivity index (χ4n) is 2.61. The number of nitrogens with one attached hydrogen (secondary N) is 1. The topological polar surface area (TPSA) is 41.1 Å². The second kappa shape index (κ2) is 6.16. The summed E-state index contributed by atoms with van der Waals surface area (Å²) >= 11 is 0. The van der Waals surface area contributed by atoms with Gasteiger partial charge in [-0.05, 0) is 24.1 Å². The average molecular weight is 322 g/mol. The van der Waals surface area contributed by atoms with Gasteiger partial charge >= 0.3 is 6.18 Å². The number of hydrogen-bond acceptors (Lipinski definition) is 4. The summed E-state index contributed by atoms with van der Waals surface area (Å²) in [4.78, 5) is 10.6. The summed E-state index contributed by atoms with van der Waals surface area (Å²) in [7, 11) is 0. The molecule has 0 saturated carbocycles. The van der Waals surface area contributed by atoms with Crippen LogP contribution in [-0.2, 0) is 6.18 Å². The highest BCUT2D eigenvalue weighted by Crippen LogP contribution is 2.34. The van der Waals surface area contributed by atoms with Gasteiger partial charge < -0.3 is 10.2 Å². The maximum Gasteiger partial charge on any atom is 0.416 e. The van der Waals surface area contributed by atoms with Crippen molar-refractivity contribution >= 4 is 5.95 Å². The Morgan fingerprint density at radius 2 is 1.70 bits per heavy atom. The summed E-state index contributed by atoms with van der Waals surface area (Å²) < 4.78 is 39.0. The smallest absolute Gasteiger partial charge is 0.338 e. The molecule has 1 aliphatic rings. The molecule has 1 aromatic carbocycles. The molecule has 1 fully saturated rings. The first-order chi connectivity index (χ1) is 10.9. The highest BCUT2D eigenvalue weighted by atomic mass is 19.4. The first kappa shape index (κ1) is 15.7. The zero-order valence-electron chi connectivity index (χ0n) is 12.7. The van der Waals surface area contributed by atoms with Crippen molar-refractivity contribution in [3.63, 3.8) is 0 Å². The number of aromatic nitrogens is 2. The maximum atomic E-state index is 13.0. The SMILES string of the molecule is Cc1ccc(-c2cnc(N3CCNCC3)nc2)cc1C(F)(F)F. The lowest BCUT2D eigenvalue weighted by Crippen LogP contribution is -2.44. The molecule has 2 aromatic rings. The molecule has 1 aromatic heterocycles. The first-order valence-corrected chi connectivity index (χ1v) is 7.41. The summed E-state index contributed by atoms with van der Waals surface area (Å²) in [6.07, 6.45) is -1.20. The van der Waals surface area contributed by atoms with E-state index in [0.717, 1.165) is 32.2 Å². The highest BCUT2D eigenvalue weighted by Gasteiger charge is 2.32. The van der Waals surface area contributed by atoms with E-state index in [0.29, 0.717) is 17.1 Å². The molecule has 7 heteroatoms. The molecule has 3 rings (SSSR count). The minimum atomic E-state index is -4.36. The number of nitrogens with zero attached hydrogens (tertiary/aromatic N) is 3. The van der Waals surface area contributed by atoms with Crippen LogP contribution in [0, 0.1) is 6.92 Å². The van der Waals surface area contributed by atoms with Crippen LogP contribution in [-0.4, -0.2) is 36.1 Å². The van der Waals surface area contributed by atoms with E-state index in [2.05, 4.69) is 20.2 Å². The normalized spacial score (nSPS) is 15.7. The number of halogens is 3. The van der Waals surface area contributed by atoms with Gasteiger partial charge in [0.1, 0.15) is 0 Å². The zero-order valence-corrected chi connectivity index (χ0v) is 12.7. The van der Waals surface area contributed by atoms with Crippen molar-refractivity contribution in [3.05, 3.63) is 41.7 Å². The Balaban J connectivity index is 1.87. The third-order valence-corrected chi connectivity index (χ3v) is 3.91. The predicted octanol–water partition coefficient (Wildman–Crippen LogP) is 2.88. The van der Waals surface area contributed by atoms with Crippen LogP contribution in [0.2, 0.25) is 0 Å². The summed E-state index contributed by atoms with van der Waals surface area (Å²) in [5.41, 5.74) is 0.630. The van der Waals surface area contributed by atoms with Crippen molar-refractivity contribution < 1.29 is 13.2 Å². The molecule has 4 nitrogen and oxygen atoms in total. The fraction of sp³-hybridized carbons (Fsp3) is 0.375. The van der Waals surface area contributed by atoms with Crippen molar-refractivity contribution in [2.45, 2.75) is 13.1 Å². The summed E-state index contributed by atoms with van der Waals surface area (Å²) in [6.45, 7) is 4.84. The molecule has 122 valence electrons. The Bertz CT molecular complexity index is 677. The summed E-state index contributed by atoms with van der Waals surface area (Å²) in [5, 5.41) is 3.24. The molecule has 0 aliphatic carbocycles. The van der Waals surface area contributed by atoms with E-state index in [4.69, 9.17) is 0 Å². The van der Waals surface area contributed by atoms with E-state index >= 15 is 0 Å². The lowest BCUT2D eigenvalue weighted by molar-refractivity contribution is -0.138. The number of piperazine rings is 1. The molecule has 2 heterocycles. The fourth-order valence-corrected chi connectivity index (χ4v) is 2.61. The van der Waals surface area contributed by atoms with Crippen LogP contribution in [0.4, 0.5) is 19.1 Å². The lowest BCUT2D eigenvalue weighted by Gasteiger charge is -2.27. The third kappa shape index (κ3) is 3.44. The largest absolute Gasteiger partial charge is 0.416 e. The summed E-state index contributed by atoms with van der Waals surface area (Å²) in [5.74, 6) is 0.610. The van der Waals surface area contributed by atoms with Crippen LogP contribution in [0.5, 0.6) is 0 Å². The Kier molecular flexibility index (Phi) is 4.21. The Morgan fingerprint density at radius 3 is 2.30 bits per heavy atom. The number of aryl methyl sites for hydroxylation is 1. The van der Waals surface area contributed by atoms with Crippen LogP contribution in [0.3, 0.4) is 0 Å². The van der Waals surface area contributed by atoms with Crippen molar-refractivity contribution in [1.82, 2.24) is 15.3 Å². The second-order valence-electron chi connectivity index (χ2n) is 5.54. The van der Waals surface area contributed by atoms with Crippen molar-refractivity contribution in [2.24, 2.45) is 0 Å². The molecule has 0 bridgehead atoms. The Hall–Kier alpha value is -2.15. The van der Waals surface area contributed by atoms with Crippen molar-refractivity contribution in [3.8, 4) is 11.1 Å². The van der Waals surface area contributed by atoms with Crippen LogP contribution < -0.4 is 10.2 Å². The molecule has 1 saturated heterocycles. The molecule has 1 aliphatic heterocycles. The van der Waals surface area contributed by atoms with Gasteiger partial charge in [-0.15, -0.1) is 0 Å². The molecule has 0 spiro atoms. The van der Waals surface area contributed by atoms with E-state index in [1.54, 1.807) is 18.5 Å². The van der Waals surface area contributed by atoms with Crippen molar-refractivity contribution in [2.75, 3.05) is 31.1 Å². The molecule has 23 heavy (non-hydrogen) atoms. The average Bonchev–Trinajstić information content (AvgIpc) is 2.55. The van der Waals surface area contributed by atoms with Crippen molar-refractivity contribution in [1.29, 1.82) is 0 Å². The molecular formula is C16H17F3N4. The molecular weight excluding hydrogens is 305 g/mol. The van der Waals surface area contributed by atoms with Gasteiger partial charge in [-0.3, -0.25) is 0 Å². The van der Waals surface area contributed by atoms with Gasteiger partial charge in [0.15, 0.2) is 0 Å². The minimum Gasteiger partial charge on any atom is -0.338 e. The van der Waals surface area contributed by atoms with Gasteiger partial charge in [0.05, 0.1) is 5.56 Å². The molecule has 0 unspecified atom stereocenters. The van der Waals surface area contributed by atoms with Crippen LogP contribution in [0.1, 0.15) is 11.1 Å². The standard InChI is InChI=1S/C16H17F3N4/c1-11-2-3-12(8-14(11)16(17,18)19)13-9-21-15(22-10-13)23-6-4-20-5-7-23/h2-3,8-10,20H,4-7H2,1H3. The molecule has 1 N–H and O–H groups in total. The predicted molar refractivity (Wildman–Crippen MR) is 82.3 cm³/mol. The van der Waals surface area contributed by atoms with E-state index in [1.165, 1.54) is 13.0 Å². The monoisotopic (exact) mass is 322 g/mol. The Labute approximate surface area is 132 Å². The molecule has 0 amide bonds. The quantitative estimate of drug-likeness (QED) is 0.923. The van der Waals surface area contributed by atoms with Crippen LogP contribution >= 0.6 is 0 Å². The lowest BCUT2D eigenvalue weighted by atomic mass is 10.0. The number of alkyl halides is 3. The van der Waals surface area contributed by atoms with E-state index in [-0.39, 0.29) is 5.56 Å². The first-order valence-electron chi connectivity index (χ1n) is 7.41. The maximum absolute atomic E-state index is 13.0. The highest BCUT2D eigenvalue weighted by molar-refractivity contribution is 5.64. The van der Waals surface area contributed by atoms with E-state index in [9.17, 15) is 13.2 Å². The van der Waals surface area contributed by atoms with Gasteiger partial charge in [-0.25, -0.2) is 9.97 Å². The van der Waals surface area contributed by atoms with Gasteiger partial charge in [-0.2, -0.15) is 13.2 Å². The number of rotatable bonds is 2. The van der Waals surface area contributed by atoms with Crippen LogP contribution in [0.15, 0.2) is 30.6 Å². The second-order valence-corrected chi connectivity index (χ2v) is 5.54. The van der Waals surface area contributed by atoms with Gasteiger partial charge in [-0.1, -0.05) is 12.1 Å². The Morgan fingerprint density at radius 1 is 1.04 bits per heavy atom.